The molecular weight excluding hydrogens is 432 g/mol. The predicted molar refractivity (Wildman–Crippen MR) is 122 cm³/mol. The zero-order chi connectivity index (χ0) is 23.3. The van der Waals surface area contributed by atoms with Crippen LogP contribution in [-0.2, 0) is 21.8 Å². The molecule has 9 heteroatoms. The highest BCUT2D eigenvalue weighted by Gasteiger charge is 2.16. The first-order valence-electron chi connectivity index (χ1n) is 9.82. The molecule has 2 aromatic carbocycles. The third kappa shape index (κ3) is 5.00. The van der Waals surface area contributed by atoms with E-state index in [1.807, 2.05) is 0 Å². The van der Waals surface area contributed by atoms with Crippen LogP contribution in [0.5, 0.6) is 5.75 Å². The fourth-order valence-corrected chi connectivity index (χ4v) is 4.19. The van der Waals surface area contributed by atoms with Crippen LogP contribution in [-0.4, -0.2) is 49.2 Å². The van der Waals surface area contributed by atoms with Gasteiger partial charge in [0.2, 0.25) is 0 Å². The molecule has 0 N–H and O–H groups in total. The molecule has 1 aromatic heterocycles. The molecule has 0 radical (unpaired) electrons. The molecule has 0 saturated carbocycles. The zero-order valence-electron chi connectivity index (χ0n) is 18.3. The number of rotatable bonds is 9. The lowest BCUT2D eigenvalue weighted by atomic mass is 10.1. The molecule has 0 amide bonds. The second-order valence-corrected chi connectivity index (χ2v) is 7.88. The van der Waals surface area contributed by atoms with Crippen LogP contribution in [0.1, 0.15) is 33.2 Å². The number of carbonyl (C=O) groups is 2. The molecule has 32 heavy (non-hydrogen) atoms. The number of benzene rings is 2. The number of Topliss-reactive ketones (excluding diaryl/α,β-unsaturated/α-hetero) is 1. The highest BCUT2D eigenvalue weighted by atomic mass is 32.2. The van der Waals surface area contributed by atoms with Gasteiger partial charge in [-0.1, -0.05) is 11.8 Å². The highest BCUT2D eigenvalue weighted by molar-refractivity contribution is 7.98. The van der Waals surface area contributed by atoms with E-state index < -0.39 is 5.97 Å². The monoisotopic (exact) mass is 456 g/mol. The molecule has 168 valence electrons. The summed E-state index contributed by atoms with van der Waals surface area (Å²) in [7, 11) is 4.42. The molecule has 1 heterocycles. The molecule has 0 saturated heterocycles. The van der Waals surface area contributed by atoms with Crippen molar-refractivity contribution < 1.29 is 23.8 Å². The van der Waals surface area contributed by atoms with Crippen molar-refractivity contribution in [2.24, 2.45) is 0 Å². The van der Waals surface area contributed by atoms with Crippen molar-refractivity contribution in [2.45, 2.75) is 24.4 Å². The van der Waals surface area contributed by atoms with Crippen LogP contribution in [0.25, 0.3) is 10.9 Å². The van der Waals surface area contributed by atoms with Crippen molar-refractivity contribution in [2.75, 3.05) is 27.9 Å². The summed E-state index contributed by atoms with van der Waals surface area (Å²) < 4.78 is 16.9. The maximum atomic E-state index is 13.2. The highest BCUT2D eigenvalue weighted by Crippen LogP contribution is 2.29. The maximum Gasteiger partial charge on any atom is 0.337 e. The van der Waals surface area contributed by atoms with Gasteiger partial charge in [0.25, 0.3) is 5.56 Å². The van der Waals surface area contributed by atoms with Crippen LogP contribution in [0.4, 0.5) is 0 Å². The van der Waals surface area contributed by atoms with Gasteiger partial charge in [0.05, 0.1) is 43.8 Å². The van der Waals surface area contributed by atoms with Crippen molar-refractivity contribution in [1.29, 1.82) is 0 Å². The van der Waals surface area contributed by atoms with E-state index in [9.17, 15) is 14.4 Å². The normalized spacial score (nSPS) is 10.9. The molecule has 8 nitrogen and oxygen atoms in total. The fraction of sp³-hybridized carbons (Fsp3) is 0.304. The van der Waals surface area contributed by atoms with E-state index in [1.165, 1.54) is 25.8 Å². The number of carbonyl (C=O) groups excluding carboxylic acids is 2. The van der Waals surface area contributed by atoms with E-state index in [-0.39, 0.29) is 11.3 Å². The molecule has 3 rings (SSSR count). The van der Waals surface area contributed by atoms with Gasteiger partial charge in [-0.2, -0.15) is 0 Å². The van der Waals surface area contributed by atoms with Crippen LogP contribution in [0.15, 0.2) is 46.3 Å². The largest absolute Gasteiger partial charge is 0.496 e. The number of esters is 1. The topological polar surface area (TPSA) is 96.7 Å². The number of hydrogen-bond acceptors (Lipinski definition) is 8. The second kappa shape index (κ2) is 10.4. The lowest BCUT2D eigenvalue weighted by Crippen LogP contribution is -2.25. The molecule has 0 aliphatic rings. The Balaban J connectivity index is 2.05. The molecule has 0 atom stereocenters. The van der Waals surface area contributed by atoms with Gasteiger partial charge in [0.1, 0.15) is 5.75 Å². The Kier molecular flexibility index (Phi) is 7.66. The summed E-state index contributed by atoms with van der Waals surface area (Å²) in [5.74, 6) is 0.515. The Morgan fingerprint density at radius 2 is 1.81 bits per heavy atom. The molecule has 0 aliphatic heterocycles. The van der Waals surface area contributed by atoms with Gasteiger partial charge in [0, 0.05) is 24.0 Å². The van der Waals surface area contributed by atoms with Crippen molar-refractivity contribution in [3.8, 4) is 5.75 Å². The van der Waals surface area contributed by atoms with Gasteiger partial charge in [-0.3, -0.25) is 14.2 Å². The van der Waals surface area contributed by atoms with E-state index >= 15 is 0 Å². The van der Waals surface area contributed by atoms with Crippen molar-refractivity contribution in [3.05, 3.63) is 63.4 Å². The second-order valence-electron chi connectivity index (χ2n) is 6.94. The Bertz CT molecular complexity index is 1220. The molecule has 0 unspecified atom stereocenters. The van der Waals surface area contributed by atoms with Crippen molar-refractivity contribution >= 4 is 34.4 Å². The van der Waals surface area contributed by atoms with E-state index in [0.29, 0.717) is 51.8 Å². The average Bonchev–Trinajstić information content (AvgIpc) is 2.81. The number of hydrogen-bond donors (Lipinski definition) is 0. The molecular formula is C23H24N2O6S. The Morgan fingerprint density at radius 1 is 1.06 bits per heavy atom. The number of nitrogens with zero attached hydrogens (tertiary/aromatic N) is 2. The molecule has 0 fully saturated rings. The summed E-state index contributed by atoms with van der Waals surface area (Å²) in [5, 5.41) is 0.867. The third-order valence-corrected chi connectivity index (χ3v) is 5.93. The first-order valence-corrected chi connectivity index (χ1v) is 10.8. The number of ether oxygens (including phenoxy) is 3. The summed E-state index contributed by atoms with van der Waals surface area (Å²) >= 11 is 1.34. The minimum atomic E-state index is -0.503. The summed E-state index contributed by atoms with van der Waals surface area (Å²) in [6, 6.07) is 9.91. The van der Waals surface area contributed by atoms with Gasteiger partial charge in [-0.05, 0) is 43.3 Å². The summed E-state index contributed by atoms with van der Waals surface area (Å²) in [5.41, 5.74) is 1.87. The zero-order valence-corrected chi connectivity index (χ0v) is 19.2. The van der Waals surface area contributed by atoms with Crippen LogP contribution < -0.4 is 10.3 Å². The summed E-state index contributed by atoms with van der Waals surface area (Å²) in [6.07, 6.45) is 0. The molecule has 3 aromatic rings. The number of fused-ring (bicyclic) bond motifs is 1. The first kappa shape index (κ1) is 23.5. The lowest BCUT2D eigenvalue weighted by molar-refractivity contribution is 0.0600. The number of thioether (sulfide) groups is 1. The van der Waals surface area contributed by atoms with Crippen LogP contribution >= 0.6 is 11.8 Å². The minimum absolute atomic E-state index is 0.0462. The van der Waals surface area contributed by atoms with Crippen LogP contribution in [0.2, 0.25) is 0 Å². The fourth-order valence-electron chi connectivity index (χ4n) is 3.19. The number of ketones is 1. The van der Waals surface area contributed by atoms with E-state index in [2.05, 4.69) is 4.98 Å². The number of aromatic nitrogens is 2. The van der Waals surface area contributed by atoms with Gasteiger partial charge >= 0.3 is 5.97 Å². The minimum Gasteiger partial charge on any atom is -0.496 e. The van der Waals surface area contributed by atoms with Crippen LogP contribution in [0, 0.1) is 0 Å². The van der Waals surface area contributed by atoms with Gasteiger partial charge in [-0.25, -0.2) is 9.78 Å². The number of methoxy groups -OCH3 is 3. The van der Waals surface area contributed by atoms with Gasteiger partial charge < -0.3 is 14.2 Å². The molecule has 0 spiro atoms. The summed E-state index contributed by atoms with van der Waals surface area (Å²) in [6.45, 7) is 2.17. The first-order chi connectivity index (χ1) is 15.4. The van der Waals surface area contributed by atoms with Crippen molar-refractivity contribution in [3.63, 3.8) is 0 Å². The van der Waals surface area contributed by atoms with E-state index in [4.69, 9.17) is 14.2 Å². The smallest absolute Gasteiger partial charge is 0.337 e. The Morgan fingerprint density at radius 3 is 2.47 bits per heavy atom. The predicted octanol–water partition coefficient (Wildman–Crippen LogP) is 3.33. The standard InChI is InChI=1S/C23H24N2O6S/c1-14(26)15-6-8-20(30-3)17(11-15)13-32-23-24-19-12-16(22(28)31-4)5-7-18(19)21(27)25(23)9-10-29-2/h5-8,11-12H,9-10,13H2,1-4H3. The maximum absolute atomic E-state index is 13.2. The average molecular weight is 457 g/mol. The molecule has 0 bridgehead atoms. The quantitative estimate of drug-likeness (QED) is 0.209. The van der Waals surface area contributed by atoms with Crippen LogP contribution in [0.3, 0.4) is 0 Å². The van der Waals surface area contributed by atoms with E-state index in [1.54, 1.807) is 55.2 Å². The third-order valence-electron chi connectivity index (χ3n) is 4.90. The van der Waals surface area contributed by atoms with Gasteiger partial charge in [0.15, 0.2) is 10.9 Å². The Hall–Kier alpha value is -3.17. The summed E-state index contributed by atoms with van der Waals surface area (Å²) in [4.78, 5) is 41.5. The van der Waals surface area contributed by atoms with E-state index in [0.717, 1.165) is 5.56 Å². The SMILES string of the molecule is COCCn1c(SCc2cc(C(C)=O)ccc2OC)nc2cc(C(=O)OC)ccc2c1=O. The Labute approximate surface area is 189 Å². The lowest BCUT2D eigenvalue weighted by Gasteiger charge is -2.14. The van der Waals surface area contributed by atoms with Gasteiger partial charge in [-0.15, -0.1) is 0 Å². The molecule has 0 aliphatic carbocycles. The van der Waals surface area contributed by atoms with Crippen molar-refractivity contribution in [1.82, 2.24) is 9.55 Å².